The molecule has 0 aliphatic rings. The predicted octanol–water partition coefficient (Wildman–Crippen LogP) is -0.777. The van der Waals surface area contributed by atoms with Crippen molar-refractivity contribution in [1.82, 2.24) is 9.55 Å². The summed E-state index contributed by atoms with van der Waals surface area (Å²) in [6, 6.07) is 1.16. The molecule has 0 radical (unpaired) electrons. The van der Waals surface area contributed by atoms with Gasteiger partial charge in [0.25, 0.3) is 5.56 Å². The zero-order valence-electron chi connectivity index (χ0n) is 7.23. The van der Waals surface area contributed by atoms with E-state index >= 15 is 0 Å². The molecule has 1 heterocycles. The lowest BCUT2D eigenvalue weighted by atomic mass is 10.6. The van der Waals surface area contributed by atoms with Gasteiger partial charge in [-0.2, -0.15) is 0 Å². The number of rotatable bonds is 3. The van der Waals surface area contributed by atoms with Crippen molar-refractivity contribution in [3.8, 4) is 0 Å². The largest absolute Gasteiger partial charge is 0.441 e. The van der Waals surface area contributed by atoms with Crippen molar-refractivity contribution in [2.75, 3.05) is 0 Å². The first kappa shape index (κ1) is 9.97. The maximum atomic E-state index is 11.0. The monoisotopic (exact) mass is 196 g/mol. The van der Waals surface area contributed by atoms with Crippen molar-refractivity contribution in [2.24, 2.45) is 0 Å². The normalized spacial score (nSPS) is 9.43. The molecule has 6 heteroatoms. The first-order valence-corrected chi connectivity index (χ1v) is 3.72. The van der Waals surface area contributed by atoms with Gasteiger partial charge in [-0.05, 0) is 0 Å². The van der Waals surface area contributed by atoms with Gasteiger partial charge in [-0.1, -0.05) is 6.58 Å². The molecule has 14 heavy (non-hydrogen) atoms. The van der Waals surface area contributed by atoms with E-state index in [9.17, 15) is 14.4 Å². The van der Waals surface area contributed by atoms with Gasteiger partial charge in [0.1, 0.15) is 0 Å². The first-order chi connectivity index (χ1) is 6.63. The van der Waals surface area contributed by atoms with Crippen LogP contribution in [0, 0.1) is 0 Å². The third-order valence-electron chi connectivity index (χ3n) is 1.41. The Morgan fingerprint density at radius 2 is 2.36 bits per heavy atom. The highest BCUT2D eigenvalue weighted by molar-refractivity contribution is 5.80. The summed E-state index contributed by atoms with van der Waals surface area (Å²) < 4.78 is 5.63. The highest BCUT2D eigenvalue weighted by Gasteiger charge is 1.98. The van der Waals surface area contributed by atoms with Crippen LogP contribution in [-0.4, -0.2) is 15.5 Å². The number of aromatic nitrogens is 2. The molecular weight excluding hydrogens is 188 g/mol. The lowest BCUT2D eigenvalue weighted by molar-refractivity contribution is -0.141. The molecule has 0 fully saturated rings. The zero-order chi connectivity index (χ0) is 10.6. The molecule has 0 aliphatic heterocycles. The van der Waals surface area contributed by atoms with Gasteiger partial charge >= 0.3 is 11.7 Å². The second-order valence-corrected chi connectivity index (χ2v) is 2.38. The molecule has 1 aromatic rings. The third kappa shape index (κ3) is 2.44. The topological polar surface area (TPSA) is 81.2 Å². The summed E-state index contributed by atoms with van der Waals surface area (Å²) in [5.74, 6) is -0.636. The number of H-pyrrole nitrogens is 1. The first-order valence-electron chi connectivity index (χ1n) is 3.72. The van der Waals surface area contributed by atoms with Gasteiger partial charge in [0.15, 0.2) is 6.73 Å². The molecule has 74 valence electrons. The molecule has 0 aromatic carbocycles. The predicted molar refractivity (Wildman–Crippen MR) is 47.6 cm³/mol. The van der Waals surface area contributed by atoms with E-state index in [1.165, 1.54) is 6.20 Å². The van der Waals surface area contributed by atoms with E-state index in [1.807, 2.05) is 4.98 Å². The standard InChI is InChI=1S/C8H8N2O4/c1-2-7(12)14-5-10-4-3-6(11)9-8(10)13/h2-4H,1,5H2,(H,9,11,13). The summed E-state index contributed by atoms with van der Waals surface area (Å²) in [6.07, 6.45) is 2.22. The molecule has 1 aromatic heterocycles. The van der Waals surface area contributed by atoms with Crippen LogP contribution in [-0.2, 0) is 16.3 Å². The van der Waals surface area contributed by atoms with Gasteiger partial charge in [0.2, 0.25) is 0 Å². The third-order valence-corrected chi connectivity index (χ3v) is 1.41. The van der Waals surface area contributed by atoms with Crippen LogP contribution in [0.15, 0.2) is 34.5 Å². The molecule has 0 saturated carbocycles. The molecule has 0 unspecified atom stereocenters. The Hall–Kier alpha value is -2.11. The Bertz CT molecular complexity index is 457. The summed E-state index contributed by atoms with van der Waals surface area (Å²) in [6.45, 7) is 2.94. The fourth-order valence-corrected chi connectivity index (χ4v) is 0.738. The lowest BCUT2D eigenvalue weighted by Crippen LogP contribution is -2.29. The molecule has 0 atom stereocenters. The lowest BCUT2D eigenvalue weighted by Gasteiger charge is -2.03. The fraction of sp³-hybridized carbons (Fsp3) is 0.125. The van der Waals surface area contributed by atoms with Gasteiger partial charge in [-0.15, -0.1) is 0 Å². The van der Waals surface area contributed by atoms with Crippen molar-refractivity contribution < 1.29 is 9.53 Å². The van der Waals surface area contributed by atoms with Gasteiger partial charge in [-0.3, -0.25) is 14.3 Å². The highest BCUT2D eigenvalue weighted by atomic mass is 16.5. The number of nitrogens with one attached hydrogen (secondary N) is 1. The summed E-state index contributed by atoms with van der Waals surface area (Å²) in [5, 5.41) is 0. The Labute approximate surface area is 78.4 Å². The number of carbonyl (C=O) groups excluding carboxylic acids is 1. The van der Waals surface area contributed by atoms with E-state index in [0.29, 0.717) is 0 Å². The fourth-order valence-electron chi connectivity index (χ4n) is 0.738. The van der Waals surface area contributed by atoms with Gasteiger partial charge < -0.3 is 4.74 Å². The molecule has 0 saturated heterocycles. The molecule has 0 bridgehead atoms. The van der Waals surface area contributed by atoms with Crippen molar-refractivity contribution in [3.05, 3.63) is 45.8 Å². The minimum Gasteiger partial charge on any atom is -0.441 e. The van der Waals surface area contributed by atoms with Crippen molar-refractivity contribution in [1.29, 1.82) is 0 Å². The van der Waals surface area contributed by atoms with E-state index < -0.39 is 17.2 Å². The van der Waals surface area contributed by atoms with Crippen molar-refractivity contribution >= 4 is 5.97 Å². The van der Waals surface area contributed by atoms with Gasteiger partial charge in [-0.25, -0.2) is 9.59 Å². The second kappa shape index (κ2) is 4.22. The maximum Gasteiger partial charge on any atom is 0.331 e. The van der Waals surface area contributed by atoms with Crippen LogP contribution in [0.25, 0.3) is 0 Å². The Balaban J connectivity index is 2.78. The number of nitrogens with zero attached hydrogens (tertiary/aromatic N) is 1. The minimum absolute atomic E-state index is 0.250. The summed E-state index contributed by atoms with van der Waals surface area (Å²) in [5.41, 5.74) is -1.13. The SMILES string of the molecule is C=CC(=O)OCn1ccc(=O)[nH]c1=O. The number of hydrogen-bond acceptors (Lipinski definition) is 4. The van der Waals surface area contributed by atoms with Crippen LogP contribution in [0.2, 0.25) is 0 Å². The van der Waals surface area contributed by atoms with Crippen LogP contribution in [0.5, 0.6) is 0 Å². The van der Waals surface area contributed by atoms with Crippen LogP contribution < -0.4 is 11.2 Å². The van der Waals surface area contributed by atoms with Crippen LogP contribution in [0.3, 0.4) is 0 Å². The smallest absolute Gasteiger partial charge is 0.331 e. The molecule has 0 amide bonds. The molecule has 6 nitrogen and oxygen atoms in total. The quantitative estimate of drug-likeness (QED) is 0.508. The second-order valence-electron chi connectivity index (χ2n) is 2.38. The number of carbonyl (C=O) groups is 1. The molecule has 0 spiro atoms. The number of esters is 1. The maximum absolute atomic E-state index is 11.0. The highest BCUT2D eigenvalue weighted by Crippen LogP contribution is 1.82. The van der Waals surface area contributed by atoms with Crippen molar-refractivity contribution in [3.63, 3.8) is 0 Å². The average Bonchev–Trinajstić information content (AvgIpc) is 2.16. The van der Waals surface area contributed by atoms with Crippen molar-refractivity contribution in [2.45, 2.75) is 6.73 Å². The van der Waals surface area contributed by atoms with E-state index in [-0.39, 0.29) is 6.73 Å². The van der Waals surface area contributed by atoms with Gasteiger partial charge in [0.05, 0.1) is 0 Å². The molecule has 1 rings (SSSR count). The Kier molecular flexibility index (Phi) is 3.01. The number of ether oxygens (including phenoxy) is 1. The number of aromatic amines is 1. The Morgan fingerprint density at radius 3 is 2.93 bits per heavy atom. The summed E-state index contributed by atoms with van der Waals surface area (Å²) in [4.78, 5) is 34.3. The zero-order valence-corrected chi connectivity index (χ0v) is 7.23. The average molecular weight is 196 g/mol. The van der Waals surface area contributed by atoms with Crippen LogP contribution in [0.1, 0.15) is 0 Å². The van der Waals surface area contributed by atoms with Crippen LogP contribution in [0.4, 0.5) is 0 Å². The summed E-state index contributed by atoms with van der Waals surface area (Å²) >= 11 is 0. The molecular formula is C8H8N2O4. The van der Waals surface area contributed by atoms with E-state index in [0.717, 1.165) is 16.7 Å². The van der Waals surface area contributed by atoms with Crippen LogP contribution >= 0.6 is 0 Å². The van der Waals surface area contributed by atoms with E-state index in [4.69, 9.17) is 0 Å². The van der Waals surface area contributed by atoms with E-state index in [1.54, 1.807) is 0 Å². The Morgan fingerprint density at radius 1 is 1.64 bits per heavy atom. The molecule has 1 N–H and O–H groups in total. The van der Waals surface area contributed by atoms with Gasteiger partial charge in [0, 0.05) is 18.3 Å². The van der Waals surface area contributed by atoms with E-state index in [2.05, 4.69) is 11.3 Å². The summed E-state index contributed by atoms with van der Waals surface area (Å²) in [7, 11) is 0. The number of hydrogen-bond donors (Lipinski definition) is 1. The molecule has 0 aliphatic carbocycles. The minimum atomic E-state index is -0.636.